The average molecular weight is 333 g/mol. The van der Waals surface area contributed by atoms with Crippen molar-refractivity contribution < 1.29 is 9.53 Å². The molecule has 4 rings (SSSR count). The van der Waals surface area contributed by atoms with Crippen LogP contribution in [-0.2, 0) is 0 Å². The van der Waals surface area contributed by atoms with Gasteiger partial charge < -0.3 is 15.0 Å². The summed E-state index contributed by atoms with van der Waals surface area (Å²) in [4.78, 5) is 15.0. The van der Waals surface area contributed by atoms with Crippen molar-refractivity contribution in [1.82, 2.24) is 10.2 Å². The Labute approximate surface area is 142 Å². The molecule has 1 N–H and O–H groups in total. The van der Waals surface area contributed by atoms with Crippen LogP contribution < -0.4 is 10.1 Å². The number of halogens is 1. The van der Waals surface area contributed by atoms with E-state index in [1.165, 1.54) is 0 Å². The van der Waals surface area contributed by atoms with Gasteiger partial charge in [-0.3, -0.25) is 4.79 Å². The molecule has 23 heavy (non-hydrogen) atoms. The summed E-state index contributed by atoms with van der Waals surface area (Å²) >= 11 is 0. The zero-order chi connectivity index (χ0) is 15.1. The second-order valence-corrected chi connectivity index (χ2v) is 6.25. The van der Waals surface area contributed by atoms with Crippen LogP contribution in [0.25, 0.3) is 10.8 Å². The molecule has 0 spiro atoms. The number of rotatable bonds is 2. The lowest BCUT2D eigenvalue weighted by atomic mass is 10.0. The van der Waals surface area contributed by atoms with Gasteiger partial charge in [-0.15, -0.1) is 12.4 Å². The van der Waals surface area contributed by atoms with E-state index in [0.717, 1.165) is 48.3 Å². The third-order valence-electron chi connectivity index (χ3n) is 5.01. The highest BCUT2D eigenvalue weighted by Gasteiger charge is 2.38. The summed E-state index contributed by atoms with van der Waals surface area (Å²) in [5.41, 5.74) is 0.782. The van der Waals surface area contributed by atoms with Crippen LogP contribution in [0.15, 0.2) is 36.4 Å². The second-order valence-electron chi connectivity index (χ2n) is 6.25. The van der Waals surface area contributed by atoms with Crippen LogP contribution in [0.5, 0.6) is 5.75 Å². The first-order valence-electron chi connectivity index (χ1n) is 7.83. The Morgan fingerprint density at radius 1 is 1.09 bits per heavy atom. The van der Waals surface area contributed by atoms with E-state index in [0.29, 0.717) is 11.8 Å². The molecule has 1 amide bonds. The molecule has 122 valence electrons. The van der Waals surface area contributed by atoms with Gasteiger partial charge in [0.15, 0.2) is 0 Å². The summed E-state index contributed by atoms with van der Waals surface area (Å²) in [7, 11) is 1.66. The summed E-state index contributed by atoms with van der Waals surface area (Å²) in [6.07, 6.45) is 0. The number of nitrogens with zero attached hydrogens (tertiary/aromatic N) is 1. The molecule has 2 saturated heterocycles. The van der Waals surface area contributed by atoms with Gasteiger partial charge in [0.1, 0.15) is 5.75 Å². The SMILES string of the molecule is COc1ccc(C(=O)N2C[C@H]3CNC[C@H]3C2)c2ccccc12.Cl. The Morgan fingerprint density at radius 3 is 2.39 bits per heavy atom. The molecule has 0 unspecified atom stereocenters. The monoisotopic (exact) mass is 332 g/mol. The fourth-order valence-electron chi connectivity index (χ4n) is 3.83. The Morgan fingerprint density at radius 2 is 1.74 bits per heavy atom. The van der Waals surface area contributed by atoms with E-state index in [1.807, 2.05) is 41.3 Å². The number of hydrogen-bond acceptors (Lipinski definition) is 3. The first-order valence-corrected chi connectivity index (χ1v) is 7.83. The topological polar surface area (TPSA) is 41.6 Å². The lowest BCUT2D eigenvalue weighted by Gasteiger charge is -2.19. The van der Waals surface area contributed by atoms with Crippen LogP contribution in [0.3, 0.4) is 0 Å². The molecule has 4 nitrogen and oxygen atoms in total. The average Bonchev–Trinajstić information content (AvgIpc) is 3.14. The summed E-state index contributed by atoms with van der Waals surface area (Å²) in [5.74, 6) is 2.20. The molecular weight excluding hydrogens is 312 g/mol. The van der Waals surface area contributed by atoms with Crippen molar-refractivity contribution in [2.75, 3.05) is 33.3 Å². The van der Waals surface area contributed by atoms with E-state index in [9.17, 15) is 4.79 Å². The normalized spacial score (nSPS) is 22.7. The van der Waals surface area contributed by atoms with E-state index in [4.69, 9.17) is 4.74 Å². The molecule has 0 saturated carbocycles. The Balaban J connectivity index is 0.00000156. The van der Waals surface area contributed by atoms with Crippen molar-refractivity contribution >= 4 is 29.1 Å². The lowest BCUT2D eigenvalue weighted by molar-refractivity contribution is 0.0783. The minimum absolute atomic E-state index is 0. The maximum atomic E-state index is 13.0. The van der Waals surface area contributed by atoms with Crippen LogP contribution in [0.4, 0.5) is 0 Å². The number of fused-ring (bicyclic) bond motifs is 2. The van der Waals surface area contributed by atoms with Crippen molar-refractivity contribution in [3.63, 3.8) is 0 Å². The number of nitrogens with one attached hydrogen (secondary N) is 1. The maximum absolute atomic E-state index is 13.0. The Bertz CT molecular complexity index is 722. The van der Waals surface area contributed by atoms with Gasteiger partial charge in [-0.25, -0.2) is 0 Å². The van der Waals surface area contributed by atoms with Gasteiger partial charge in [0, 0.05) is 37.1 Å². The first kappa shape index (κ1) is 16.1. The summed E-state index contributed by atoms with van der Waals surface area (Å²) < 4.78 is 5.42. The number of methoxy groups -OCH3 is 1. The molecule has 0 aliphatic carbocycles. The Kier molecular flexibility index (Phi) is 4.46. The zero-order valence-corrected chi connectivity index (χ0v) is 13.9. The van der Waals surface area contributed by atoms with E-state index in [2.05, 4.69) is 5.32 Å². The number of likely N-dealkylation sites (tertiary alicyclic amines) is 1. The highest BCUT2D eigenvalue weighted by atomic mass is 35.5. The van der Waals surface area contributed by atoms with Crippen molar-refractivity contribution in [1.29, 1.82) is 0 Å². The molecule has 2 aromatic rings. The third-order valence-corrected chi connectivity index (χ3v) is 5.01. The van der Waals surface area contributed by atoms with E-state index in [-0.39, 0.29) is 18.3 Å². The molecule has 2 aromatic carbocycles. The minimum atomic E-state index is 0. The number of carbonyl (C=O) groups excluding carboxylic acids is 1. The van der Waals surface area contributed by atoms with Crippen molar-refractivity contribution in [2.45, 2.75) is 0 Å². The minimum Gasteiger partial charge on any atom is -0.496 e. The quantitative estimate of drug-likeness (QED) is 0.919. The second kappa shape index (κ2) is 6.38. The smallest absolute Gasteiger partial charge is 0.254 e. The highest BCUT2D eigenvalue weighted by Crippen LogP contribution is 2.32. The van der Waals surface area contributed by atoms with Gasteiger partial charge in [-0.1, -0.05) is 24.3 Å². The van der Waals surface area contributed by atoms with E-state index < -0.39 is 0 Å². The van der Waals surface area contributed by atoms with Crippen LogP contribution in [0.2, 0.25) is 0 Å². The summed E-state index contributed by atoms with van der Waals surface area (Å²) in [6.45, 7) is 3.82. The largest absolute Gasteiger partial charge is 0.496 e. The van der Waals surface area contributed by atoms with Crippen molar-refractivity contribution in [3.8, 4) is 5.75 Å². The number of hydrogen-bond donors (Lipinski definition) is 1. The number of amides is 1. The molecule has 2 fully saturated rings. The molecular formula is C18H21ClN2O2. The first-order chi connectivity index (χ1) is 10.8. The van der Waals surface area contributed by atoms with Gasteiger partial charge in [0.05, 0.1) is 7.11 Å². The molecule has 2 aliphatic rings. The number of carbonyl (C=O) groups is 1. The van der Waals surface area contributed by atoms with E-state index >= 15 is 0 Å². The fraction of sp³-hybridized carbons (Fsp3) is 0.389. The molecule has 0 aromatic heterocycles. The summed E-state index contributed by atoms with van der Waals surface area (Å²) in [5, 5.41) is 5.38. The third kappa shape index (κ3) is 2.66. The van der Waals surface area contributed by atoms with Crippen LogP contribution >= 0.6 is 12.4 Å². The molecule has 2 heterocycles. The molecule has 2 atom stereocenters. The van der Waals surface area contributed by atoms with E-state index in [1.54, 1.807) is 7.11 Å². The predicted octanol–water partition coefficient (Wildman–Crippen LogP) is 2.56. The summed E-state index contributed by atoms with van der Waals surface area (Å²) in [6, 6.07) is 11.8. The van der Waals surface area contributed by atoms with Gasteiger partial charge >= 0.3 is 0 Å². The van der Waals surface area contributed by atoms with Crippen molar-refractivity contribution in [3.05, 3.63) is 42.0 Å². The van der Waals surface area contributed by atoms with Crippen LogP contribution in [0.1, 0.15) is 10.4 Å². The highest BCUT2D eigenvalue weighted by molar-refractivity contribution is 6.08. The number of benzene rings is 2. The molecule has 5 heteroatoms. The van der Waals surface area contributed by atoms with Crippen molar-refractivity contribution in [2.24, 2.45) is 11.8 Å². The lowest BCUT2D eigenvalue weighted by Crippen LogP contribution is -2.32. The van der Waals surface area contributed by atoms with Gasteiger partial charge in [0.2, 0.25) is 0 Å². The standard InChI is InChI=1S/C18H20N2O2.ClH/c1-22-17-7-6-16(14-4-2-3-5-15(14)17)18(21)20-10-12-8-19-9-13(12)11-20;/h2-7,12-13,19H,8-11H2,1H3;1H/t12-,13+;. The molecule has 0 bridgehead atoms. The van der Waals surface area contributed by atoms with Gasteiger partial charge in [-0.05, 0) is 29.4 Å². The van der Waals surface area contributed by atoms with Crippen LogP contribution in [-0.4, -0.2) is 44.1 Å². The zero-order valence-electron chi connectivity index (χ0n) is 13.1. The number of ether oxygens (including phenoxy) is 1. The fourth-order valence-corrected chi connectivity index (χ4v) is 3.83. The maximum Gasteiger partial charge on any atom is 0.254 e. The molecule has 2 aliphatic heterocycles. The van der Waals surface area contributed by atoms with Gasteiger partial charge in [0.25, 0.3) is 5.91 Å². The Hall–Kier alpha value is -1.78. The molecule has 0 radical (unpaired) electrons. The van der Waals surface area contributed by atoms with Crippen LogP contribution in [0, 0.1) is 11.8 Å². The van der Waals surface area contributed by atoms with Gasteiger partial charge in [-0.2, -0.15) is 0 Å². The predicted molar refractivity (Wildman–Crippen MR) is 93.5 cm³/mol.